The second kappa shape index (κ2) is 5.10. The Labute approximate surface area is 138 Å². The smallest absolute Gasteiger partial charge is 1.00 e. The van der Waals surface area contributed by atoms with Crippen molar-refractivity contribution in [1.29, 1.82) is 31.6 Å². The van der Waals surface area contributed by atoms with Gasteiger partial charge < -0.3 is 0 Å². The maximum absolute atomic E-state index is 8.58. The summed E-state index contributed by atoms with van der Waals surface area (Å²) in [6.45, 7) is 0. The van der Waals surface area contributed by atoms with Crippen molar-refractivity contribution in [2.45, 2.75) is 0 Å². The van der Waals surface area contributed by atoms with E-state index < -0.39 is 10.7 Å². The van der Waals surface area contributed by atoms with E-state index >= 15 is 0 Å². The minimum absolute atomic E-state index is 0. The van der Waals surface area contributed by atoms with Crippen LogP contribution in [0.15, 0.2) is 0 Å². The van der Waals surface area contributed by atoms with Crippen LogP contribution in [-0.2, 0) is 27.8 Å². The zero-order valence-electron chi connectivity index (χ0n) is 7.41. The van der Waals surface area contributed by atoms with E-state index in [1.54, 1.807) is 0 Å². The summed E-state index contributed by atoms with van der Waals surface area (Å²) < 4.78 is 0. The topological polar surface area (TPSA) is 143 Å². The molecule has 0 unspecified atom stereocenters. The Balaban J connectivity index is -0.000000720. The van der Waals surface area contributed by atoms with Crippen molar-refractivity contribution in [2.75, 3.05) is 0 Å². The largest absolute Gasteiger partial charge is 3.00 e. The third kappa shape index (κ3) is 2.09. The molecule has 0 aromatic carbocycles. The summed E-state index contributed by atoms with van der Waals surface area (Å²) in [5, 5.41) is 51.5. The quantitative estimate of drug-likeness (QED) is 0.439. The molecule has 0 atom stereocenters. The monoisotopic (exact) mass is 306 g/mol. The molecule has 0 aromatic heterocycles. The summed E-state index contributed by atoms with van der Waals surface area (Å²) in [5.41, 5.74) is 0. The second-order valence-electron chi connectivity index (χ2n) is 1.80. The molecule has 0 saturated heterocycles. The molecule has 0 rings (SSSR count). The summed E-state index contributed by atoms with van der Waals surface area (Å²) in [5.74, 6) is 0. The van der Waals surface area contributed by atoms with Crippen LogP contribution in [-0.4, -0.2) is 0 Å². The standard InChI is InChI=1S/6CN.Fe.K.Mn/c6*1-2;;;/q;;;;;;-4;+1;+3. The van der Waals surface area contributed by atoms with Crippen LogP contribution < -0.4 is 51.4 Å². The van der Waals surface area contributed by atoms with Crippen LogP contribution in [0.4, 0.5) is 0 Å². The summed E-state index contributed by atoms with van der Waals surface area (Å²) in [6.07, 6.45) is 0. The molecule has 9 heteroatoms. The molecule has 0 bridgehead atoms. The van der Waals surface area contributed by atoms with Gasteiger partial charge in [-0.25, -0.2) is 0 Å². The van der Waals surface area contributed by atoms with Gasteiger partial charge in [-0.3, -0.25) is 0 Å². The van der Waals surface area contributed by atoms with E-state index in [1.165, 1.54) is 0 Å². The minimum Gasteiger partial charge on any atom is 1.00 e. The van der Waals surface area contributed by atoms with Gasteiger partial charge in [-0.2, -0.15) is 0 Å². The van der Waals surface area contributed by atoms with E-state index in [2.05, 4.69) is 0 Å². The molecule has 0 fully saturated rings. The predicted octanol–water partition coefficient (Wildman–Crippen LogP) is -2.90. The van der Waals surface area contributed by atoms with Gasteiger partial charge in [0.2, 0.25) is 0 Å². The van der Waals surface area contributed by atoms with Crippen molar-refractivity contribution in [1.82, 2.24) is 0 Å². The summed E-state index contributed by atoms with van der Waals surface area (Å²) in [4.78, 5) is 6.19. The fourth-order valence-corrected chi connectivity index (χ4v) is 1.09. The Kier molecular flexibility index (Phi) is 6.83. The third-order valence-electron chi connectivity index (χ3n) is 1.19. The zero-order valence-corrected chi connectivity index (χ0v) is 12.8. The van der Waals surface area contributed by atoms with Crippen molar-refractivity contribution in [3.63, 3.8) is 0 Å². The molecular formula is C6FeKMnN6. The SMILES string of the molecule is N#[C][Fe-4]([C]#N)([C]#N)([C]#N)([C]#N)[C]#N.[K+].[Mn+3]. The van der Waals surface area contributed by atoms with Gasteiger partial charge in [-0.05, 0) is 0 Å². The molecule has 70 valence electrons. The zero-order chi connectivity index (χ0) is 10.7. The average Bonchev–Trinajstić information content (AvgIpc) is 2.26. The van der Waals surface area contributed by atoms with E-state index in [1.807, 2.05) is 0 Å². The second-order valence-corrected chi connectivity index (χ2v) is 7.42. The first-order valence-corrected chi connectivity index (χ1v) is 5.71. The minimum atomic E-state index is -6.17. The van der Waals surface area contributed by atoms with Gasteiger partial charge >= 0.3 is 141 Å². The molecule has 0 spiro atoms. The summed E-state index contributed by atoms with van der Waals surface area (Å²) in [6, 6.07) is 0. The van der Waals surface area contributed by atoms with Gasteiger partial charge in [-0.15, -0.1) is 0 Å². The van der Waals surface area contributed by atoms with Crippen molar-refractivity contribution in [3.8, 4) is 29.8 Å². The van der Waals surface area contributed by atoms with Crippen molar-refractivity contribution >= 4 is 0 Å². The molecule has 0 aliphatic rings. The molecule has 6 nitrogen and oxygen atoms in total. The van der Waals surface area contributed by atoms with Gasteiger partial charge in [0.15, 0.2) is 0 Å². The van der Waals surface area contributed by atoms with Gasteiger partial charge in [-0.1, -0.05) is 0 Å². The summed E-state index contributed by atoms with van der Waals surface area (Å²) >= 11 is 0. The Morgan fingerprint density at radius 3 is 0.667 bits per heavy atom. The van der Waals surface area contributed by atoms with E-state index in [9.17, 15) is 0 Å². The molecule has 0 saturated carbocycles. The van der Waals surface area contributed by atoms with Crippen LogP contribution in [0, 0.1) is 61.4 Å². The molecular weight excluding hydrogens is 306 g/mol. The average molecular weight is 306 g/mol. The first kappa shape index (κ1) is 20.1. The number of rotatable bonds is 0. The fourth-order valence-electron chi connectivity index (χ4n) is 0.265. The number of nitriles is 6. The van der Waals surface area contributed by atoms with Crippen LogP contribution >= 0.6 is 0 Å². The van der Waals surface area contributed by atoms with E-state index in [0.717, 1.165) is 29.8 Å². The van der Waals surface area contributed by atoms with Gasteiger partial charge in [0, 0.05) is 0 Å². The number of hydrogen-bond donors (Lipinski definition) is 0. The van der Waals surface area contributed by atoms with Crippen molar-refractivity contribution < 1.29 is 79.2 Å². The van der Waals surface area contributed by atoms with E-state index in [-0.39, 0.29) is 68.5 Å². The van der Waals surface area contributed by atoms with Gasteiger partial charge in [0.25, 0.3) is 0 Å². The molecule has 0 aliphatic heterocycles. The molecule has 0 N–H and O–H groups in total. The Hall–Kier alpha value is -0.385. The van der Waals surface area contributed by atoms with Crippen LogP contribution in [0.3, 0.4) is 0 Å². The molecule has 15 heavy (non-hydrogen) atoms. The van der Waals surface area contributed by atoms with Crippen LogP contribution in [0.2, 0.25) is 0 Å². The first-order chi connectivity index (χ1) is 5.97. The number of hydrogen-bond acceptors (Lipinski definition) is 6. The molecule has 0 aromatic rings. The van der Waals surface area contributed by atoms with Crippen molar-refractivity contribution in [2.24, 2.45) is 0 Å². The Bertz CT molecular complexity index is 397. The third-order valence-corrected chi connectivity index (χ3v) is 4.89. The van der Waals surface area contributed by atoms with E-state index in [4.69, 9.17) is 31.6 Å². The maximum Gasteiger partial charge on any atom is 3.00 e. The number of nitrogens with zero attached hydrogens (tertiary/aromatic N) is 6. The molecule has 0 radical (unpaired) electrons. The normalized spacial score (nSPS) is 11.6. The van der Waals surface area contributed by atoms with Crippen LogP contribution in [0.1, 0.15) is 0 Å². The first-order valence-electron chi connectivity index (χ1n) is 2.40. The molecule has 0 aliphatic carbocycles. The van der Waals surface area contributed by atoms with Crippen LogP contribution in [0.5, 0.6) is 0 Å². The van der Waals surface area contributed by atoms with E-state index in [0.29, 0.717) is 0 Å². The Morgan fingerprint density at radius 1 is 0.533 bits per heavy atom. The summed E-state index contributed by atoms with van der Waals surface area (Å²) in [7, 11) is -6.17. The molecule has 0 amide bonds. The fraction of sp³-hybridized carbons (Fsp3) is 0. The van der Waals surface area contributed by atoms with Crippen LogP contribution in [0.25, 0.3) is 0 Å². The van der Waals surface area contributed by atoms with Crippen molar-refractivity contribution in [3.05, 3.63) is 0 Å². The van der Waals surface area contributed by atoms with Gasteiger partial charge in [0.1, 0.15) is 0 Å². The Morgan fingerprint density at radius 2 is 0.667 bits per heavy atom. The molecule has 0 heterocycles. The predicted molar refractivity (Wildman–Crippen MR) is 33.7 cm³/mol. The van der Waals surface area contributed by atoms with Gasteiger partial charge in [0.05, 0.1) is 0 Å². The maximum atomic E-state index is 8.58.